The van der Waals surface area contributed by atoms with Crippen LogP contribution in [-0.4, -0.2) is 18.1 Å². The van der Waals surface area contributed by atoms with Crippen molar-refractivity contribution in [2.24, 2.45) is 0 Å². The van der Waals surface area contributed by atoms with Crippen LogP contribution in [0.4, 0.5) is 13.2 Å². The van der Waals surface area contributed by atoms with Gasteiger partial charge in [0.1, 0.15) is 0 Å². The second-order valence-corrected chi connectivity index (χ2v) is 6.07. The SMILES string of the molecule is CC(CNC(C)(C)C)NCc1ccccc1C(F)(F)F. The summed E-state index contributed by atoms with van der Waals surface area (Å²) in [4.78, 5) is 0. The zero-order valence-electron chi connectivity index (χ0n) is 12.4. The fraction of sp³-hybridized carbons (Fsp3) is 0.600. The van der Waals surface area contributed by atoms with Crippen LogP contribution in [0.15, 0.2) is 24.3 Å². The van der Waals surface area contributed by atoms with Gasteiger partial charge in [0.05, 0.1) is 5.56 Å². The molecule has 0 radical (unpaired) electrons. The summed E-state index contributed by atoms with van der Waals surface area (Å²) in [5.41, 5.74) is -0.286. The van der Waals surface area contributed by atoms with E-state index in [-0.39, 0.29) is 23.7 Å². The molecule has 20 heavy (non-hydrogen) atoms. The molecule has 1 rings (SSSR count). The summed E-state index contributed by atoms with van der Waals surface area (Å²) in [6.45, 7) is 9.03. The Kier molecular flexibility index (Phi) is 5.59. The Bertz CT molecular complexity index is 422. The molecule has 0 aliphatic rings. The van der Waals surface area contributed by atoms with Crippen molar-refractivity contribution in [1.82, 2.24) is 10.6 Å². The first-order chi connectivity index (χ1) is 9.09. The number of nitrogens with one attached hydrogen (secondary N) is 2. The van der Waals surface area contributed by atoms with E-state index in [1.807, 2.05) is 6.92 Å². The van der Waals surface area contributed by atoms with E-state index in [9.17, 15) is 13.2 Å². The molecule has 0 aliphatic carbocycles. The quantitative estimate of drug-likeness (QED) is 0.865. The summed E-state index contributed by atoms with van der Waals surface area (Å²) in [5, 5.41) is 6.44. The third-order valence-electron chi connectivity index (χ3n) is 2.90. The van der Waals surface area contributed by atoms with Gasteiger partial charge >= 0.3 is 6.18 Å². The lowest BCUT2D eigenvalue weighted by Gasteiger charge is -2.24. The van der Waals surface area contributed by atoms with Crippen LogP contribution in [0.3, 0.4) is 0 Å². The van der Waals surface area contributed by atoms with Gasteiger partial charge in [0.15, 0.2) is 0 Å². The van der Waals surface area contributed by atoms with E-state index in [2.05, 4.69) is 31.4 Å². The predicted octanol–water partition coefficient (Wildman–Crippen LogP) is 3.57. The highest BCUT2D eigenvalue weighted by Gasteiger charge is 2.32. The molecule has 114 valence electrons. The van der Waals surface area contributed by atoms with E-state index in [1.165, 1.54) is 12.1 Å². The molecule has 1 aromatic rings. The van der Waals surface area contributed by atoms with Crippen LogP contribution < -0.4 is 10.6 Å². The molecule has 0 amide bonds. The summed E-state index contributed by atoms with van der Waals surface area (Å²) in [5.74, 6) is 0. The molecule has 0 bridgehead atoms. The molecule has 1 aromatic carbocycles. The fourth-order valence-corrected chi connectivity index (χ4v) is 1.77. The Morgan fingerprint density at radius 2 is 1.70 bits per heavy atom. The van der Waals surface area contributed by atoms with Crippen molar-refractivity contribution in [3.05, 3.63) is 35.4 Å². The first-order valence-corrected chi connectivity index (χ1v) is 6.73. The molecule has 0 aromatic heterocycles. The van der Waals surface area contributed by atoms with Gasteiger partial charge in [0, 0.05) is 24.7 Å². The Labute approximate surface area is 118 Å². The molecule has 0 saturated heterocycles. The second kappa shape index (κ2) is 6.59. The van der Waals surface area contributed by atoms with Crippen molar-refractivity contribution >= 4 is 0 Å². The maximum atomic E-state index is 12.8. The van der Waals surface area contributed by atoms with Crippen molar-refractivity contribution in [2.75, 3.05) is 6.54 Å². The zero-order valence-corrected chi connectivity index (χ0v) is 12.4. The molecule has 5 heteroatoms. The summed E-state index contributed by atoms with van der Waals surface area (Å²) in [7, 11) is 0. The van der Waals surface area contributed by atoms with Gasteiger partial charge in [-0.3, -0.25) is 0 Å². The average Bonchev–Trinajstić information content (AvgIpc) is 2.32. The van der Waals surface area contributed by atoms with Crippen molar-refractivity contribution in [3.8, 4) is 0 Å². The highest BCUT2D eigenvalue weighted by atomic mass is 19.4. The minimum atomic E-state index is -4.30. The maximum absolute atomic E-state index is 12.8. The lowest BCUT2D eigenvalue weighted by molar-refractivity contribution is -0.138. The summed E-state index contributed by atoms with van der Waals surface area (Å²) in [6, 6.07) is 5.77. The molecule has 1 unspecified atom stereocenters. The number of hydrogen-bond donors (Lipinski definition) is 2. The van der Waals surface area contributed by atoms with Gasteiger partial charge in [-0.05, 0) is 39.3 Å². The molecular formula is C15H23F3N2. The maximum Gasteiger partial charge on any atom is 0.416 e. The van der Waals surface area contributed by atoms with Gasteiger partial charge in [0.2, 0.25) is 0 Å². The van der Waals surface area contributed by atoms with Gasteiger partial charge in [-0.2, -0.15) is 13.2 Å². The Morgan fingerprint density at radius 1 is 1.10 bits per heavy atom. The average molecular weight is 288 g/mol. The van der Waals surface area contributed by atoms with E-state index in [4.69, 9.17) is 0 Å². The first kappa shape index (κ1) is 17.0. The summed E-state index contributed by atoms with van der Waals surface area (Å²) in [6.07, 6.45) is -4.30. The minimum absolute atomic E-state index is 0.000182. The second-order valence-electron chi connectivity index (χ2n) is 6.07. The van der Waals surface area contributed by atoms with E-state index in [0.29, 0.717) is 6.54 Å². The third-order valence-corrected chi connectivity index (χ3v) is 2.90. The molecule has 1 atom stereocenters. The highest BCUT2D eigenvalue weighted by Crippen LogP contribution is 2.31. The van der Waals surface area contributed by atoms with Crippen LogP contribution in [-0.2, 0) is 12.7 Å². The third kappa shape index (κ3) is 5.92. The van der Waals surface area contributed by atoms with Gasteiger partial charge in [-0.15, -0.1) is 0 Å². The fourth-order valence-electron chi connectivity index (χ4n) is 1.77. The van der Waals surface area contributed by atoms with E-state index in [1.54, 1.807) is 6.07 Å². The number of benzene rings is 1. The summed E-state index contributed by atoms with van der Waals surface area (Å²) < 4.78 is 38.5. The Balaban J connectivity index is 2.58. The van der Waals surface area contributed by atoms with E-state index >= 15 is 0 Å². The van der Waals surface area contributed by atoms with E-state index < -0.39 is 11.7 Å². The van der Waals surface area contributed by atoms with Gasteiger partial charge in [-0.1, -0.05) is 18.2 Å². The van der Waals surface area contributed by atoms with Crippen LogP contribution >= 0.6 is 0 Å². The largest absolute Gasteiger partial charge is 0.416 e. The Hall–Kier alpha value is -1.07. The lowest BCUT2D eigenvalue weighted by Crippen LogP contribution is -2.44. The zero-order chi connectivity index (χ0) is 15.4. The standard InChI is InChI=1S/C15H23F3N2/c1-11(9-20-14(2,3)4)19-10-12-7-5-6-8-13(12)15(16,17)18/h5-8,11,19-20H,9-10H2,1-4H3. The molecular weight excluding hydrogens is 265 g/mol. The number of halogens is 3. The van der Waals surface area contributed by atoms with Crippen LogP contribution in [0, 0.1) is 0 Å². The van der Waals surface area contributed by atoms with Crippen molar-refractivity contribution < 1.29 is 13.2 Å². The number of alkyl halides is 3. The first-order valence-electron chi connectivity index (χ1n) is 6.73. The van der Waals surface area contributed by atoms with Crippen LogP contribution in [0.2, 0.25) is 0 Å². The molecule has 2 N–H and O–H groups in total. The van der Waals surface area contributed by atoms with Crippen LogP contribution in [0.1, 0.15) is 38.8 Å². The molecule has 0 heterocycles. The number of rotatable bonds is 5. The van der Waals surface area contributed by atoms with E-state index in [0.717, 1.165) is 6.07 Å². The topological polar surface area (TPSA) is 24.1 Å². The van der Waals surface area contributed by atoms with Crippen molar-refractivity contribution in [2.45, 2.75) is 52.0 Å². The predicted molar refractivity (Wildman–Crippen MR) is 75.5 cm³/mol. The van der Waals surface area contributed by atoms with Gasteiger partial charge in [0.25, 0.3) is 0 Å². The smallest absolute Gasteiger partial charge is 0.311 e. The Morgan fingerprint density at radius 3 is 2.25 bits per heavy atom. The van der Waals surface area contributed by atoms with Crippen LogP contribution in [0.25, 0.3) is 0 Å². The van der Waals surface area contributed by atoms with Crippen molar-refractivity contribution in [1.29, 1.82) is 0 Å². The van der Waals surface area contributed by atoms with Crippen molar-refractivity contribution in [3.63, 3.8) is 0 Å². The normalized spacial score (nSPS) is 14.3. The van der Waals surface area contributed by atoms with Gasteiger partial charge < -0.3 is 10.6 Å². The lowest BCUT2D eigenvalue weighted by atomic mass is 10.1. The molecule has 2 nitrogen and oxygen atoms in total. The molecule has 0 saturated carbocycles. The monoisotopic (exact) mass is 288 g/mol. The molecule has 0 aliphatic heterocycles. The molecule has 0 fully saturated rings. The highest BCUT2D eigenvalue weighted by molar-refractivity contribution is 5.29. The molecule has 0 spiro atoms. The summed E-state index contributed by atoms with van der Waals surface area (Å²) >= 11 is 0. The number of hydrogen-bond acceptors (Lipinski definition) is 2. The van der Waals surface area contributed by atoms with Crippen LogP contribution in [0.5, 0.6) is 0 Å². The minimum Gasteiger partial charge on any atom is -0.311 e. The van der Waals surface area contributed by atoms with Gasteiger partial charge in [-0.25, -0.2) is 0 Å².